The Bertz CT molecular complexity index is 810. The van der Waals surface area contributed by atoms with Crippen molar-refractivity contribution in [3.63, 3.8) is 0 Å². The van der Waals surface area contributed by atoms with Crippen LogP contribution in [0.2, 0.25) is 0 Å². The molecular weight excluding hydrogens is 336 g/mol. The molecule has 0 bridgehead atoms. The van der Waals surface area contributed by atoms with Gasteiger partial charge in [0.05, 0.1) is 26.2 Å². The van der Waals surface area contributed by atoms with Crippen LogP contribution in [0.15, 0.2) is 22.8 Å². The van der Waals surface area contributed by atoms with Crippen LogP contribution in [0, 0.1) is 13.8 Å². The van der Waals surface area contributed by atoms with Gasteiger partial charge in [-0.1, -0.05) is 0 Å². The molecule has 0 atom stereocenters. The largest absolute Gasteiger partial charge is 0.469 e. The van der Waals surface area contributed by atoms with Gasteiger partial charge in [0.1, 0.15) is 5.58 Å². The molecule has 0 saturated heterocycles. The highest BCUT2D eigenvalue weighted by Gasteiger charge is 2.12. The van der Waals surface area contributed by atoms with Crippen molar-refractivity contribution >= 4 is 28.8 Å². The number of esters is 1. The number of ether oxygens (including phenoxy) is 1. The summed E-state index contributed by atoms with van der Waals surface area (Å²) in [5.41, 5.74) is 3.87. The number of carbonyl (C=O) groups is 3. The van der Waals surface area contributed by atoms with Crippen LogP contribution in [0.5, 0.6) is 0 Å². The number of furan rings is 1. The van der Waals surface area contributed by atoms with Crippen molar-refractivity contribution in [2.24, 2.45) is 0 Å². The summed E-state index contributed by atoms with van der Waals surface area (Å²) in [6.45, 7) is 4.49. The molecule has 0 fully saturated rings. The summed E-state index contributed by atoms with van der Waals surface area (Å²) in [6.07, 6.45) is 2.07. The topological polar surface area (TPSA) is 97.6 Å². The van der Waals surface area contributed by atoms with Gasteiger partial charge in [-0.15, -0.1) is 0 Å². The molecule has 0 spiro atoms. The number of fused-ring (bicyclic) bond motifs is 1. The molecule has 0 radical (unpaired) electrons. The van der Waals surface area contributed by atoms with E-state index >= 15 is 0 Å². The Kier molecular flexibility index (Phi) is 6.77. The first kappa shape index (κ1) is 19.5. The number of hydrogen-bond donors (Lipinski definition) is 2. The molecule has 26 heavy (non-hydrogen) atoms. The zero-order valence-electron chi connectivity index (χ0n) is 15.3. The van der Waals surface area contributed by atoms with E-state index in [2.05, 4.69) is 15.4 Å². The lowest BCUT2D eigenvalue weighted by Gasteiger charge is -2.06. The van der Waals surface area contributed by atoms with Crippen molar-refractivity contribution in [3.05, 3.63) is 35.1 Å². The first-order valence-corrected chi connectivity index (χ1v) is 8.48. The van der Waals surface area contributed by atoms with Crippen LogP contribution in [0.4, 0.5) is 0 Å². The van der Waals surface area contributed by atoms with E-state index in [1.54, 1.807) is 6.26 Å². The Labute approximate surface area is 152 Å². The third-order valence-corrected chi connectivity index (χ3v) is 4.17. The second-order valence-electron chi connectivity index (χ2n) is 6.15. The summed E-state index contributed by atoms with van der Waals surface area (Å²) in [4.78, 5) is 34.7. The highest BCUT2D eigenvalue weighted by molar-refractivity contribution is 5.88. The van der Waals surface area contributed by atoms with Crippen LogP contribution in [0.1, 0.15) is 29.5 Å². The second kappa shape index (κ2) is 9.03. The van der Waals surface area contributed by atoms with E-state index in [9.17, 15) is 14.4 Å². The standard InChI is InChI=1S/C19H24N2O5/c1-12-8-15-14(11-26-16(15)9-13(12)2)10-18(23)21-6-4-17(22)20-7-5-19(24)25-3/h8-9,11H,4-7,10H2,1-3H3,(H,20,22)(H,21,23). The minimum atomic E-state index is -0.378. The third kappa shape index (κ3) is 5.34. The fourth-order valence-corrected chi connectivity index (χ4v) is 2.52. The van der Waals surface area contributed by atoms with Gasteiger partial charge in [-0.2, -0.15) is 0 Å². The molecule has 2 amide bonds. The van der Waals surface area contributed by atoms with Crippen LogP contribution in [0.25, 0.3) is 11.0 Å². The molecule has 2 aromatic rings. The van der Waals surface area contributed by atoms with Gasteiger partial charge in [0.25, 0.3) is 0 Å². The van der Waals surface area contributed by atoms with Gasteiger partial charge < -0.3 is 19.8 Å². The molecule has 1 heterocycles. The van der Waals surface area contributed by atoms with Crippen LogP contribution >= 0.6 is 0 Å². The quantitative estimate of drug-likeness (QED) is 0.699. The van der Waals surface area contributed by atoms with Gasteiger partial charge in [-0.25, -0.2) is 0 Å². The summed E-state index contributed by atoms with van der Waals surface area (Å²) < 4.78 is 10.0. The van der Waals surface area contributed by atoms with Gasteiger partial charge in [0.2, 0.25) is 11.8 Å². The van der Waals surface area contributed by atoms with Crippen molar-refractivity contribution in [2.75, 3.05) is 20.2 Å². The molecule has 0 aliphatic heterocycles. The second-order valence-corrected chi connectivity index (χ2v) is 6.15. The van der Waals surface area contributed by atoms with E-state index in [1.165, 1.54) is 7.11 Å². The zero-order chi connectivity index (χ0) is 19.1. The van der Waals surface area contributed by atoms with Crippen LogP contribution in [-0.4, -0.2) is 38.0 Å². The number of hydrogen-bond acceptors (Lipinski definition) is 5. The van der Waals surface area contributed by atoms with E-state index in [0.717, 1.165) is 27.7 Å². The highest BCUT2D eigenvalue weighted by atomic mass is 16.5. The van der Waals surface area contributed by atoms with Crippen molar-refractivity contribution in [1.82, 2.24) is 10.6 Å². The SMILES string of the molecule is COC(=O)CCNC(=O)CCNC(=O)Cc1coc2cc(C)c(C)cc12. The lowest BCUT2D eigenvalue weighted by Crippen LogP contribution is -2.32. The number of carbonyl (C=O) groups excluding carboxylic acids is 3. The molecule has 7 nitrogen and oxygen atoms in total. The van der Waals surface area contributed by atoms with Crippen LogP contribution in [0.3, 0.4) is 0 Å². The normalized spacial score (nSPS) is 10.6. The predicted molar refractivity (Wildman–Crippen MR) is 96.7 cm³/mol. The Morgan fingerprint density at radius 3 is 2.38 bits per heavy atom. The highest BCUT2D eigenvalue weighted by Crippen LogP contribution is 2.25. The molecule has 0 aliphatic carbocycles. The zero-order valence-corrected chi connectivity index (χ0v) is 15.3. The van der Waals surface area contributed by atoms with Gasteiger partial charge in [-0.05, 0) is 37.1 Å². The molecule has 140 valence electrons. The predicted octanol–water partition coefficient (Wildman–Crippen LogP) is 1.78. The number of nitrogens with one attached hydrogen (secondary N) is 2. The number of aryl methyl sites for hydroxylation is 2. The van der Waals surface area contributed by atoms with Crippen molar-refractivity contribution in [3.8, 4) is 0 Å². The van der Waals surface area contributed by atoms with Gasteiger partial charge in [-0.3, -0.25) is 14.4 Å². The fraction of sp³-hybridized carbons (Fsp3) is 0.421. The minimum Gasteiger partial charge on any atom is -0.469 e. The minimum absolute atomic E-state index is 0.126. The van der Waals surface area contributed by atoms with E-state index < -0.39 is 0 Å². The number of amides is 2. The Balaban J connectivity index is 1.76. The van der Waals surface area contributed by atoms with E-state index in [4.69, 9.17) is 4.42 Å². The molecule has 1 aromatic carbocycles. The number of rotatable bonds is 8. The maximum absolute atomic E-state index is 12.1. The van der Waals surface area contributed by atoms with Crippen molar-refractivity contribution in [2.45, 2.75) is 33.1 Å². The first-order chi connectivity index (χ1) is 12.4. The van der Waals surface area contributed by atoms with Crippen LogP contribution < -0.4 is 10.6 Å². The smallest absolute Gasteiger partial charge is 0.307 e. The maximum Gasteiger partial charge on any atom is 0.307 e. The Morgan fingerprint density at radius 1 is 1.00 bits per heavy atom. The summed E-state index contributed by atoms with van der Waals surface area (Å²) in [5.74, 6) is -0.779. The first-order valence-electron chi connectivity index (χ1n) is 8.48. The maximum atomic E-state index is 12.1. The summed E-state index contributed by atoms with van der Waals surface area (Å²) >= 11 is 0. The van der Waals surface area contributed by atoms with Crippen molar-refractivity contribution < 1.29 is 23.5 Å². The summed E-state index contributed by atoms with van der Waals surface area (Å²) in [7, 11) is 1.30. The molecule has 2 N–H and O–H groups in total. The van der Waals surface area contributed by atoms with E-state index in [0.29, 0.717) is 0 Å². The molecule has 0 aliphatic rings. The number of benzene rings is 1. The van der Waals surface area contributed by atoms with Gasteiger partial charge in [0, 0.05) is 30.5 Å². The lowest BCUT2D eigenvalue weighted by molar-refractivity contribution is -0.140. The Morgan fingerprint density at radius 2 is 1.65 bits per heavy atom. The molecule has 2 rings (SSSR count). The fourth-order valence-electron chi connectivity index (χ4n) is 2.52. The molecule has 7 heteroatoms. The van der Waals surface area contributed by atoms with Crippen molar-refractivity contribution in [1.29, 1.82) is 0 Å². The van der Waals surface area contributed by atoms with E-state index in [1.807, 2.05) is 26.0 Å². The number of methoxy groups -OCH3 is 1. The molecule has 0 unspecified atom stereocenters. The molecule has 1 aromatic heterocycles. The van der Waals surface area contributed by atoms with Crippen LogP contribution in [-0.2, 0) is 25.5 Å². The lowest BCUT2D eigenvalue weighted by atomic mass is 10.0. The molecular formula is C19H24N2O5. The summed E-state index contributed by atoms with van der Waals surface area (Å²) in [6, 6.07) is 3.98. The van der Waals surface area contributed by atoms with Gasteiger partial charge >= 0.3 is 5.97 Å². The van der Waals surface area contributed by atoms with E-state index in [-0.39, 0.29) is 50.1 Å². The summed E-state index contributed by atoms with van der Waals surface area (Å²) in [5, 5.41) is 6.25. The Hall–Kier alpha value is -2.83. The molecule has 0 saturated carbocycles. The average Bonchev–Trinajstić information content (AvgIpc) is 2.96. The third-order valence-electron chi connectivity index (χ3n) is 4.17. The van der Waals surface area contributed by atoms with Gasteiger partial charge in [0.15, 0.2) is 0 Å². The average molecular weight is 360 g/mol. The monoisotopic (exact) mass is 360 g/mol.